The predicted molar refractivity (Wildman–Crippen MR) is 113 cm³/mol. The molecule has 6 heteroatoms. The molecule has 0 aliphatic carbocycles. The van der Waals surface area contributed by atoms with Crippen LogP contribution in [0.25, 0.3) is 0 Å². The minimum Gasteiger partial charge on any atom is -0.372 e. The van der Waals surface area contributed by atoms with Crippen LogP contribution in [0.15, 0.2) is 30.3 Å². The summed E-state index contributed by atoms with van der Waals surface area (Å²) in [6.45, 7) is 11.2. The number of carbonyl (C=O) groups excluding carboxylic acids is 1. The molecule has 0 atom stereocenters. The van der Waals surface area contributed by atoms with Crippen LogP contribution in [0.5, 0.6) is 0 Å². The van der Waals surface area contributed by atoms with E-state index in [0.29, 0.717) is 11.5 Å². The Morgan fingerprint density at radius 2 is 1.81 bits per heavy atom. The van der Waals surface area contributed by atoms with Gasteiger partial charge < -0.3 is 15.5 Å². The van der Waals surface area contributed by atoms with Gasteiger partial charge >= 0.3 is 0 Å². The van der Waals surface area contributed by atoms with E-state index in [4.69, 9.17) is 0 Å². The van der Waals surface area contributed by atoms with Gasteiger partial charge in [-0.25, -0.2) is 0 Å². The van der Waals surface area contributed by atoms with Crippen LogP contribution in [-0.4, -0.2) is 35.7 Å². The highest BCUT2D eigenvalue weighted by molar-refractivity contribution is 6.03. The van der Waals surface area contributed by atoms with Crippen LogP contribution in [0.4, 0.5) is 17.2 Å². The molecule has 0 saturated heterocycles. The Morgan fingerprint density at radius 3 is 2.41 bits per heavy atom. The molecule has 2 N–H and O–H groups in total. The van der Waals surface area contributed by atoms with Crippen LogP contribution >= 0.6 is 0 Å². The zero-order valence-electron chi connectivity index (χ0n) is 16.9. The highest BCUT2D eigenvalue weighted by Crippen LogP contribution is 2.23. The first-order valence-electron chi connectivity index (χ1n) is 9.83. The average Bonchev–Trinajstić information content (AvgIpc) is 2.68. The van der Waals surface area contributed by atoms with Crippen molar-refractivity contribution >= 4 is 23.1 Å². The summed E-state index contributed by atoms with van der Waals surface area (Å²) in [5.41, 5.74) is 3.28. The van der Waals surface area contributed by atoms with Crippen LogP contribution in [0.2, 0.25) is 0 Å². The number of rotatable bonds is 10. The number of anilines is 3. The summed E-state index contributed by atoms with van der Waals surface area (Å²) >= 11 is 0. The van der Waals surface area contributed by atoms with Crippen LogP contribution in [0.3, 0.4) is 0 Å². The largest absolute Gasteiger partial charge is 0.372 e. The Labute approximate surface area is 162 Å². The van der Waals surface area contributed by atoms with E-state index in [9.17, 15) is 4.79 Å². The molecule has 1 amide bonds. The molecule has 2 rings (SSSR count). The van der Waals surface area contributed by atoms with E-state index >= 15 is 0 Å². The molecule has 146 valence electrons. The number of carbonyl (C=O) groups is 1. The summed E-state index contributed by atoms with van der Waals surface area (Å²) in [7, 11) is 0. The summed E-state index contributed by atoms with van der Waals surface area (Å²) in [5.74, 6) is 0.445. The highest BCUT2D eigenvalue weighted by atomic mass is 16.1. The SMILES string of the molecule is CCCCCNc1ccc(C(=O)Nc2ccc(N(CC)CC)cc2C)nn1. The molecule has 1 aromatic carbocycles. The van der Waals surface area contributed by atoms with E-state index in [2.05, 4.69) is 52.6 Å². The standard InChI is InChI=1S/C21H31N5O/c1-5-8-9-14-22-20-13-12-19(24-25-20)21(27)23-18-11-10-17(15-16(18)4)26(6-2)7-3/h10-13,15H,5-9,14H2,1-4H3,(H,22,25)(H,23,27). The van der Waals surface area contributed by atoms with Gasteiger partial charge in [0.1, 0.15) is 5.82 Å². The fourth-order valence-corrected chi connectivity index (χ4v) is 2.90. The van der Waals surface area contributed by atoms with Gasteiger partial charge in [-0.3, -0.25) is 4.79 Å². The summed E-state index contributed by atoms with van der Waals surface area (Å²) in [4.78, 5) is 14.7. The monoisotopic (exact) mass is 369 g/mol. The third-order valence-electron chi connectivity index (χ3n) is 4.57. The van der Waals surface area contributed by atoms with Crippen molar-refractivity contribution in [1.82, 2.24) is 10.2 Å². The van der Waals surface area contributed by atoms with E-state index in [1.54, 1.807) is 12.1 Å². The minimum atomic E-state index is -0.251. The maximum Gasteiger partial charge on any atom is 0.276 e. The summed E-state index contributed by atoms with van der Waals surface area (Å²) in [5, 5.41) is 14.3. The van der Waals surface area contributed by atoms with E-state index < -0.39 is 0 Å². The van der Waals surface area contributed by atoms with Gasteiger partial charge in [0.15, 0.2) is 5.69 Å². The highest BCUT2D eigenvalue weighted by Gasteiger charge is 2.11. The van der Waals surface area contributed by atoms with Crippen LogP contribution in [0.1, 0.15) is 56.1 Å². The van der Waals surface area contributed by atoms with Crippen LogP contribution in [-0.2, 0) is 0 Å². The molecule has 0 fully saturated rings. The number of nitrogens with one attached hydrogen (secondary N) is 2. The van der Waals surface area contributed by atoms with Crippen molar-refractivity contribution in [2.75, 3.05) is 35.2 Å². The normalized spacial score (nSPS) is 10.5. The van der Waals surface area contributed by atoms with E-state index in [1.807, 2.05) is 19.1 Å². The molecular weight excluding hydrogens is 338 g/mol. The number of unbranched alkanes of at least 4 members (excludes halogenated alkanes) is 2. The lowest BCUT2D eigenvalue weighted by Gasteiger charge is -2.22. The summed E-state index contributed by atoms with van der Waals surface area (Å²) in [6, 6.07) is 9.56. The lowest BCUT2D eigenvalue weighted by atomic mass is 10.1. The quantitative estimate of drug-likeness (QED) is 0.604. The first-order chi connectivity index (χ1) is 13.1. The number of amides is 1. The van der Waals surface area contributed by atoms with Crippen LogP contribution in [0, 0.1) is 6.92 Å². The van der Waals surface area contributed by atoms with Gasteiger partial charge in [0.2, 0.25) is 0 Å². The van der Waals surface area contributed by atoms with Gasteiger partial charge in [-0.05, 0) is 63.1 Å². The van der Waals surface area contributed by atoms with Crippen molar-refractivity contribution in [3.63, 3.8) is 0 Å². The second-order valence-electron chi connectivity index (χ2n) is 6.56. The molecule has 27 heavy (non-hydrogen) atoms. The zero-order chi connectivity index (χ0) is 19.6. The van der Waals surface area contributed by atoms with Gasteiger partial charge in [0.05, 0.1) is 0 Å². The second-order valence-corrected chi connectivity index (χ2v) is 6.56. The van der Waals surface area contributed by atoms with Crippen molar-refractivity contribution in [3.8, 4) is 0 Å². The number of aryl methyl sites for hydroxylation is 1. The molecule has 0 unspecified atom stereocenters. The average molecular weight is 370 g/mol. The van der Waals surface area contributed by atoms with Crippen molar-refractivity contribution in [3.05, 3.63) is 41.6 Å². The molecule has 0 saturated carbocycles. The van der Waals surface area contributed by atoms with Crippen molar-refractivity contribution < 1.29 is 4.79 Å². The maximum absolute atomic E-state index is 12.5. The zero-order valence-corrected chi connectivity index (χ0v) is 16.9. The Bertz CT molecular complexity index is 726. The minimum absolute atomic E-state index is 0.251. The Hall–Kier alpha value is -2.63. The predicted octanol–water partition coefficient (Wildman–Crippen LogP) is 4.49. The van der Waals surface area contributed by atoms with Gasteiger partial charge in [-0.1, -0.05) is 19.8 Å². The van der Waals surface area contributed by atoms with Gasteiger partial charge in [0.25, 0.3) is 5.91 Å². The van der Waals surface area contributed by atoms with Crippen molar-refractivity contribution in [1.29, 1.82) is 0 Å². The Balaban J connectivity index is 1.98. The van der Waals surface area contributed by atoms with E-state index in [0.717, 1.165) is 43.0 Å². The van der Waals surface area contributed by atoms with E-state index in [-0.39, 0.29) is 5.91 Å². The molecule has 6 nitrogen and oxygen atoms in total. The first-order valence-corrected chi connectivity index (χ1v) is 9.83. The first kappa shape index (κ1) is 20.7. The fraction of sp³-hybridized carbons (Fsp3) is 0.476. The van der Waals surface area contributed by atoms with Crippen molar-refractivity contribution in [2.24, 2.45) is 0 Å². The lowest BCUT2D eigenvalue weighted by molar-refractivity contribution is 0.102. The lowest BCUT2D eigenvalue weighted by Crippen LogP contribution is -2.22. The second kappa shape index (κ2) is 10.5. The molecule has 2 aromatic rings. The number of nitrogens with zero attached hydrogens (tertiary/aromatic N) is 3. The third-order valence-corrected chi connectivity index (χ3v) is 4.57. The summed E-state index contributed by atoms with van der Waals surface area (Å²) < 4.78 is 0. The maximum atomic E-state index is 12.5. The summed E-state index contributed by atoms with van der Waals surface area (Å²) in [6.07, 6.45) is 3.47. The molecule has 0 aliphatic rings. The molecule has 0 bridgehead atoms. The third kappa shape index (κ3) is 5.94. The molecule has 0 spiro atoms. The van der Waals surface area contributed by atoms with Gasteiger partial charge in [-0.2, -0.15) is 0 Å². The molecule has 1 heterocycles. The smallest absolute Gasteiger partial charge is 0.276 e. The molecular formula is C21H31N5O. The molecule has 0 aliphatic heterocycles. The number of hydrogen-bond donors (Lipinski definition) is 2. The van der Waals surface area contributed by atoms with Gasteiger partial charge in [0, 0.05) is 31.0 Å². The van der Waals surface area contributed by atoms with Crippen LogP contribution < -0.4 is 15.5 Å². The Morgan fingerprint density at radius 1 is 1.04 bits per heavy atom. The van der Waals surface area contributed by atoms with E-state index in [1.165, 1.54) is 12.8 Å². The Kier molecular flexibility index (Phi) is 8.04. The fourth-order valence-electron chi connectivity index (χ4n) is 2.90. The van der Waals surface area contributed by atoms with Gasteiger partial charge in [-0.15, -0.1) is 10.2 Å². The topological polar surface area (TPSA) is 70.2 Å². The molecule has 0 radical (unpaired) electrons. The van der Waals surface area contributed by atoms with Crippen molar-refractivity contribution in [2.45, 2.75) is 47.0 Å². The molecule has 1 aromatic heterocycles. The number of aromatic nitrogens is 2. The number of benzene rings is 1. The number of hydrogen-bond acceptors (Lipinski definition) is 5.